The first-order valence-corrected chi connectivity index (χ1v) is 4.21. The summed E-state index contributed by atoms with van der Waals surface area (Å²) in [7, 11) is 0. The molecular weight excluding hydrogens is 158 g/mol. The van der Waals surface area contributed by atoms with E-state index in [9.17, 15) is 4.79 Å². The van der Waals surface area contributed by atoms with E-state index in [0.717, 1.165) is 0 Å². The van der Waals surface area contributed by atoms with Crippen molar-refractivity contribution >= 4 is 5.91 Å². The van der Waals surface area contributed by atoms with E-state index in [-0.39, 0.29) is 25.2 Å². The van der Waals surface area contributed by atoms with Crippen LogP contribution in [0.25, 0.3) is 0 Å². The van der Waals surface area contributed by atoms with Crippen LogP contribution in [0.5, 0.6) is 0 Å². The molecule has 0 radical (unpaired) electrons. The molecule has 0 aliphatic rings. The average Bonchev–Trinajstić information content (AvgIpc) is 2.05. The molecule has 1 atom stereocenters. The van der Waals surface area contributed by atoms with Crippen LogP contribution in [0.4, 0.5) is 0 Å². The SMILES string of the molecule is C[C@@H](CO)NC(=O)CCCCO. The summed E-state index contributed by atoms with van der Waals surface area (Å²) in [6.07, 6.45) is 1.77. The largest absolute Gasteiger partial charge is 0.396 e. The van der Waals surface area contributed by atoms with Gasteiger partial charge in [-0.2, -0.15) is 0 Å². The molecule has 0 aromatic heterocycles. The van der Waals surface area contributed by atoms with Crippen LogP contribution in [0, 0.1) is 0 Å². The summed E-state index contributed by atoms with van der Waals surface area (Å²) < 4.78 is 0. The molecule has 0 aromatic rings. The van der Waals surface area contributed by atoms with E-state index in [1.807, 2.05) is 0 Å². The molecule has 72 valence electrons. The molecule has 0 rings (SSSR count). The Balaban J connectivity index is 3.33. The maximum atomic E-state index is 11.0. The Hall–Kier alpha value is -0.610. The molecule has 0 saturated heterocycles. The van der Waals surface area contributed by atoms with Crippen LogP contribution in [-0.2, 0) is 4.79 Å². The van der Waals surface area contributed by atoms with Gasteiger partial charge in [-0.05, 0) is 19.8 Å². The fraction of sp³-hybridized carbons (Fsp3) is 0.875. The van der Waals surface area contributed by atoms with Gasteiger partial charge in [0.1, 0.15) is 0 Å². The number of unbranched alkanes of at least 4 members (excludes halogenated alkanes) is 1. The smallest absolute Gasteiger partial charge is 0.220 e. The lowest BCUT2D eigenvalue weighted by Gasteiger charge is -2.09. The summed E-state index contributed by atoms with van der Waals surface area (Å²) in [5.74, 6) is -0.0648. The minimum atomic E-state index is -0.174. The van der Waals surface area contributed by atoms with E-state index >= 15 is 0 Å². The number of nitrogens with one attached hydrogen (secondary N) is 1. The van der Waals surface area contributed by atoms with Crippen LogP contribution < -0.4 is 5.32 Å². The number of aliphatic hydroxyl groups is 2. The highest BCUT2D eigenvalue weighted by molar-refractivity contribution is 5.76. The number of hydrogen-bond acceptors (Lipinski definition) is 3. The molecular formula is C8H17NO3. The van der Waals surface area contributed by atoms with E-state index in [0.29, 0.717) is 19.3 Å². The lowest BCUT2D eigenvalue weighted by Crippen LogP contribution is -2.34. The summed E-state index contributed by atoms with van der Waals surface area (Å²) in [4.78, 5) is 11.0. The standard InChI is InChI=1S/C8H17NO3/c1-7(6-11)9-8(12)4-2-3-5-10/h7,10-11H,2-6H2,1H3,(H,9,12)/t7-/m0/s1. The van der Waals surface area contributed by atoms with Crippen molar-refractivity contribution in [1.82, 2.24) is 5.32 Å². The molecule has 0 aliphatic heterocycles. The van der Waals surface area contributed by atoms with E-state index < -0.39 is 0 Å². The Bertz CT molecular complexity index is 127. The van der Waals surface area contributed by atoms with Gasteiger partial charge in [-0.3, -0.25) is 4.79 Å². The van der Waals surface area contributed by atoms with E-state index in [1.54, 1.807) is 6.92 Å². The van der Waals surface area contributed by atoms with Crippen LogP contribution in [0.1, 0.15) is 26.2 Å². The Kier molecular flexibility index (Phi) is 6.70. The number of aliphatic hydroxyl groups excluding tert-OH is 2. The molecule has 0 aliphatic carbocycles. The quantitative estimate of drug-likeness (QED) is 0.483. The van der Waals surface area contributed by atoms with Gasteiger partial charge in [-0.1, -0.05) is 0 Å². The fourth-order valence-electron chi connectivity index (χ4n) is 0.790. The van der Waals surface area contributed by atoms with Crippen LogP contribution >= 0.6 is 0 Å². The van der Waals surface area contributed by atoms with Crippen molar-refractivity contribution in [3.8, 4) is 0 Å². The Morgan fingerprint density at radius 1 is 1.42 bits per heavy atom. The lowest BCUT2D eigenvalue weighted by atomic mass is 10.2. The molecule has 12 heavy (non-hydrogen) atoms. The van der Waals surface area contributed by atoms with Crippen LogP contribution in [-0.4, -0.2) is 35.4 Å². The van der Waals surface area contributed by atoms with Crippen molar-refractivity contribution in [2.45, 2.75) is 32.2 Å². The molecule has 4 heteroatoms. The lowest BCUT2D eigenvalue weighted by molar-refractivity contribution is -0.122. The van der Waals surface area contributed by atoms with E-state index in [4.69, 9.17) is 10.2 Å². The Morgan fingerprint density at radius 2 is 2.08 bits per heavy atom. The molecule has 1 amide bonds. The zero-order valence-electron chi connectivity index (χ0n) is 7.42. The first-order valence-electron chi connectivity index (χ1n) is 4.21. The maximum Gasteiger partial charge on any atom is 0.220 e. The maximum absolute atomic E-state index is 11.0. The Labute approximate surface area is 72.6 Å². The number of amides is 1. The number of hydrogen-bond donors (Lipinski definition) is 3. The van der Waals surface area contributed by atoms with E-state index in [2.05, 4.69) is 5.32 Å². The first-order chi connectivity index (χ1) is 5.70. The van der Waals surface area contributed by atoms with Crippen molar-refractivity contribution in [3.05, 3.63) is 0 Å². The van der Waals surface area contributed by atoms with Gasteiger partial charge < -0.3 is 15.5 Å². The summed E-state index contributed by atoms with van der Waals surface area (Å²) in [5, 5.41) is 19.7. The van der Waals surface area contributed by atoms with Crippen molar-refractivity contribution in [2.24, 2.45) is 0 Å². The molecule has 0 unspecified atom stereocenters. The predicted molar refractivity (Wildman–Crippen MR) is 45.6 cm³/mol. The van der Waals surface area contributed by atoms with Crippen LogP contribution in [0.15, 0.2) is 0 Å². The second-order valence-electron chi connectivity index (χ2n) is 2.83. The summed E-state index contributed by atoms with van der Waals surface area (Å²) in [5.41, 5.74) is 0. The van der Waals surface area contributed by atoms with E-state index in [1.165, 1.54) is 0 Å². The highest BCUT2D eigenvalue weighted by Gasteiger charge is 2.04. The topological polar surface area (TPSA) is 69.6 Å². The minimum Gasteiger partial charge on any atom is -0.396 e. The molecule has 4 nitrogen and oxygen atoms in total. The molecule has 0 spiro atoms. The minimum absolute atomic E-state index is 0.0360. The van der Waals surface area contributed by atoms with Gasteiger partial charge in [0, 0.05) is 19.1 Å². The van der Waals surface area contributed by atoms with Gasteiger partial charge in [0.2, 0.25) is 5.91 Å². The molecule has 0 aromatic carbocycles. The van der Waals surface area contributed by atoms with Crippen LogP contribution in [0.3, 0.4) is 0 Å². The molecule has 0 saturated carbocycles. The summed E-state index contributed by atoms with van der Waals surface area (Å²) >= 11 is 0. The van der Waals surface area contributed by atoms with Crippen molar-refractivity contribution in [2.75, 3.05) is 13.2 Å². The third-order valence-electron chi connectivity index (χ3n) is 1.49. The Morgan fingerprint density at radius 3 is 2.58 bits per heavy atom. The van der Waals surface area contributed by atoms with Gasteiger partial charge in [0.15, 0.2) is 0 Å². The van der Waals surface area contributed by atoms with Gasteiger partial charge in [0.25, 0.3) is 0 Å². The number of carbonyl (C=O) groups excluding carboxylic acids is 1. The second-order valence-corrected chi connectivity index (χ2v) is 2.83. The highest BCUT2D eigenvalue weighted by Crippen LogP contribution is 1.94. The average molecular weight is 175 g/mol. The van der Waals surface area contributed by atoms with Gasteiger partial charge in [0.05, 0.1) is 6.61 Å². The molecule has 0 fully saturated rings. The van der Waals surface area contributed by atoms with Crippen molar-refractivity contribution in [3.63, 3.8) is 0 Å². The van der Waals surface area contributed by atoms with Gasteiger partial charge >= 0.3 is 0 Å². The zero-order valence-corrected chi connectivity index (χ0v) is 7.42. The molecule has 0 bridgehead atoms. The predicted octanol–water partition coefficient (Wildman–Crippen LogP) is -0.354. The van der Waals surface area contributed by atoms with Crippen LogP contribution in [0.2, 0.25) is 0 Å². The highest BCUT2D eigenvalue weighted by atomic mass is 16.3. The molecule has 3 N–H and O–H groups in total. The first kappa shape index (κ1) is 11.4. The fourth-order valence-corrected chi connectivity index (χ4v) is 0.790. The number of rotatable bonds is 6. The third-order valence-corrected chi connectivity index (χ3v) is 1.49. The second kappa shape index (κ2) is 7.06. The summed E-state index contributed by atoms with van der Waals surface area (Å²) in [6, 6.07) is -0.174. The summed E-state index contributed by atoms with van der Waals surface area (Å²) in [6.45, 7) is 1.83. The molecule has 0 heterocycles. The van der Waals surface area contributed by atoms with Gasteiger partial charge in [-0.15, -0.1) is 0 Å². The van der Waals surface area contributed by atoms with Crippen molar-refractivity contribution < 1.29 is 15.0 Å². The normalized spacial score (nSPS) is 12.6. The van der Waals surface area contributed by atoms with Gasteiger partial charge in [-0.25, -0.2) is 0 Å². The van der Waals surface area contributed by atoms with Crippen molar-refractivity contribution in [1.29, 1.82) is 0 Å². The zero-order chi connectivity index (χ0) is 9.40. The third kappa shape index (κ3) is 6.12. The monoisotopic (exact) mass is 175 g/mol. The number of carbonyl (C=O) groups is 1.